The summed E-state index contributed by atoms with van der Waals surface area (Å²) in [6, 6.07) is 0. The molecule has 0 aromatic heterocycles. The van der Waals surface area contributed by atoms with Crippen molar-refractivity contribution in [2.24, 2.45) is 0 Å². The minimum atomic E-state index is -1.90. The molecule has 2 rings (SSSR count). The lowest BCUT2D eigenvalue weighted by molar-refractivity contribution is 0.0860. The first kappa shape index (κ1) is 12.6. The maximum atomic E-state index is 6.39. The SMILES string of the molecule is CC(C)O[Si](OC(C)C)(C1CCC1)C1CC1. The van der Waals surface area contributed by atoms with Crippen molar-refractivity contribution in [1.29, 1.82) is 0 Å². The molecule has 2 fully saturated rings. The van der Waals surface area contributed by atoms with Crippen molar-refractivity contribution in [2.45, 2.75) is 83.1 Å². The van der Waals surface area contributed by atoms with Crippen molar-refractivity contribution in [3.63, 3.8) is 0 Å². The first-order chi connectivity index (χ1) is 7.54. The fourth-order valence-corrected chi connectivity index (χ4v) is 7.93. The van der Waals surface area contributed by atoms with Crippen LogP contribution in [0.3, 0.4) is 0 Å². The lowest BCUT2D eigenvalue weighted by Crippen LogP contribution is -2.52. The lowest BCUT2D eigenvalue weighted by Gasteiger charge is -2.44. The Hall–Kier alpha value is 0.137. The maximum absolute atomic E-state index is 6.39. The predicted molar refractivity (Wildman–Crippen MR) is 68.8 cm³/mol. The van der Waals surface area contributed by atoms with Crippen LogP contribution in [0.2, 0.25) is 11.1 Å². The third kappa shape index (κ3) is 2.52. The summed E-state index contributed by atoms with van der Waals surface area (Å²) in [5.74, 6) is 0. The largest absolute Gasteiger partial charge is 0.391 e. The fraction of sp³-hybridized carbons (Fsp3) is 1.00. The highest BCUT2D eigenvalue weighted by atomic mass is 28.4. The van der Waals surface area contributed by atoms with E-state index in [4.69, 9.17) is 8.85 Å². The molecule has 0 N–H and O–H groups in total. The van der Waals surface area contributed by atoms with Crippen molar-refractivity contribution in [1.82, 2.24) is 0 Å². The molecule has 0 saturated heterocycles. The molecule has 3 heteroatoms. The third-order valence-electron chi connectivity index (χ3n) is 3.66. The quantitative estimate of drug-likeness (QED) is 0.656. The molecule has 0 atom stereocenters. The second-order valence-electron chi connectivity index (χ2n) is 5.96. The predicted octanol–water partition coefficient (Wildman–Crippen LogP) is 4.00. The molecule has 0 amide bonds. The Bertz CT molecular complexity index is 222. The van der Waals surface area contributed by atoms with E-state index in [2.05, 4.69) is 27.7 Å². The number of hydrogen-bond donors (Lipinski definition) is 0. The Morgan fingerprint density at radius 2 is 1.25 bits per heavy atom. The minimum absolute atomic E-state index is 0.326. The highest BCUT2D eigenvalue weighted by Gasteiger charge is 2.59. The van der Waals surface area contributed by atoms with Gasteiger partial charge in [-0.05, 0) is 53.4 Å². The van der Waals surface area contributed by atoms with Gasteiger partial charge in [-0.1, -0.05) is 6.42 Å². The molecule has 94 valence electrons. The lowest BCUT2D eigenvalue weighted by atomic mass is 10.00. The van der Waals surface area contributed by atoms with E-state index >= 15 is 0 Å². The van der Waals surface area contributed by atoms with Crippen molar-refractivity contribution in [3.05, 3.63) is 0 Å². The van der Waals surface area contributed by atoms with Gasteiger partial charge in [0.05, 0.1) is 0 Å². The van der Waals surface area contributed by atoms with Crippen LogP contribution in [0.4, 0.5) is 0 Å². The normalized spacial score (nSPS) is 22.9. The van der Waals surface area contributed by atoms with Crippen LogP contribution in [0.5, 0.6) is 0 Å². The van der Waals surface area contributed by atoms with E-state index in [0.29, 0.717) is 12.2 Å². The third-order valence-corrected chi connectivity index (χ3v) is 8.77. The van der Waals surface area contributed by atoms with Crippen molar-refractivity contribution >= 4 is 8.56 Å². The summed E-state index contributed by atoms with van der Waals surface area (Å²) in [5.41, 5.74) is 1.58. The van der Waals surface area contributed by atoms with Gasteiger partial charge in [0, 0.05) is 23.3 Å². The highest BCUT2D eigenvalue weighted by molar-refractivity contribution is 6.71. The molecule has 16 heavy (non-hydrogen) atoms. The molecule has 0 aromatic rings. The summed E-state index contributed by atoms with van der Waals surface area (Å²) >= 11 is 0. The van der Waals surface area contributed by atoms with Gasteiger partial charge in [-0.15, -0.1) is 0 Å². The average molecular weight is 242 g/mol. The first-order valence-electron chi connectivity index (χ1n) is 6.90. The van der Waals surface area contributed by atoms with Crippen LogP contribution < -0.4 is 0 Å². The van der Waals surface area contributed by atoms with E-state index in [1.807, 2.05) is 0 Å². The average Bonchev–Trinajstić information content (AvgIpc) is 2.77. The molecule has 0 radical (unpaired) electrons. The first-order valence-corrected chi connectivity index (χ1v) is 8.87. The van der Waals surface area contributed by atoms with Gasteiger partial charge in [0.15, 0.2) is 0 Å². The number of hydrogen-bond acceptors (Lipinski definition) is 2. The summed E-state index contributed by atoms with van der Waals surface area (Å²) in [4.78, 5) is 0. The topological polar surface area (TPSA) is 18.5 Å². The number of rotatable bonds is 6. The van der Waals surface area contributed by atoms with Gasteiger partial charge in [0.1, 0.15) is 0 Å². The monoisotopic (exact) mass is 242 g/mol. The fourth-order valence-electron chi connectivity index (χ4n) is 2.78. The Labute approximate surface area is 101 Å². The summed E-state index contributed by atoms with van der Waals surface area (Å²) < 4.78 is 12.8. The molecule has 0 spiro atoms. The van der Waals surface area contributed by atoms with Crippen LogP contribution in [-0.2, 0) is 8.85 Å². The van der Waals surface area contributed by atoms with E-state index < -0.39 is 8.56 Å². The van der Waals surface area contributed by atoms with E-state index in [0.717, 1.165) is 11.1 Å². The Morgan fingerprint density at radius 1 is 0.812 bits per heavy atom. The Kier molecular flexibility index (Phi) is 3.77. The second-order valence-corrected chi connectivity index (χ2v) is 9.50. The summed E-state index contributed by atoms with van der Waals surface area (Å²) in [6.45, 7) is 8.64. The molecule has 2 saturated carbocycles. The molecule has 2 nitrogen and oxygen atoms in total. The molecule has 0 bridgehead atoms. The van der Waals surface area contributed by atoms with Crippen LogP contribution in [0.15, 0.2) is 0 Å². The van der Waals surface area contributed by atoms with Crippen LogP contribution in [0.25, 0.3) is 0 Å². The molecular weight excluding hydrogens is 216 g/mol. The van der Waals surface area contributed by atoms with Crippen molar-refractivity contribution in [2.75, 3.05) is 0 Å². The maximum Gasteiger partial charge on any atom is 0.345 e. The van der Waals surface area contributed by atoms with Gasteiger partial charge in [-0.2, -0.15) is 0 Å². The van der Waals surface area contributed by atoms with Gasteiger partial charge >= 0.3 is 8.56 Å². The standard InChI is InChI=1S/C13H26O2Si/c1-10(2)14-16(13-8-9-13,15-11(3)4)12-6-5-7-12/h10-13H,5-9H2,1-4H3. The molecule has 2 aliphatic rings. The van der Waals surface area contributed by atoms with E-state index in [1.54, 1.807) is 0 Å². The van der Waals surface area contributed by atoms with Gasteiger partial charge in [0.2, 0.25) is 0 Å². The van der Waals surface area contributed by atoms with E-state index in [9.17, 15) is 0 Å². The van der Waals surface area contributed by atoms with Crippen molar-refractivity contribution in [3.8, 4) is 0 Å². The van der Waals surface area contributed by atoms with Gasteiger partial charge in [-0.3, -0.25) is 0 Å². The summed E-state index contributed by atoms with van der Waals surface area (Å²) in [6.07, 6.45) is 7.43. The molecule has 0 aromatic carbocycles. The molecule has 2 aliphatic carbocycles. The highest BCUT2D eigenvalue weighted by Crippen LogP contribution is 2.57. The Morgan fingerprint density at radius 3 is 1.50 bits per heavy atom. The van der Waals surface area contributed by atoms with E-state index in [-0.39, 0.29) is 0 Å². The molecular formula is C13H26O2Si. The zero-order chi connectivity index (χ0) is 11.8. The van der Waals surface area contributed by atoms with Gasteiger partial charge < -0.3 is 8.85 Å². The van der Waals surface area contributed by atoms with Crippen LogP contribution in [0, 0.1) is 0 Å². The molecule has 0 heterocycles. The van der Waals surface area contributed by atoms with E-state index in [1.165, 1.54) is 32.1 Å². The summed E-state index contributed by atoms with van der Waals surface area (Å²) in [5, 5.41) is 0. The zero-order valence-electron chi connectivity index (χ0n) is 11.2. The minimum Gasteiger partial charge on any atom is -0.391 e. The summed E-state index contributed by atoms with van der Waals surface area (Å²) in [7, 11) is -1.90. The van der Waals surface area contributed by atoms with Crippen molar-refractivity contribution < 1.29 is 8.85 Å². The smallest absolute Gasteiger partial charge is 0.345 e. The zero-order valence-corrected chi connectivity index (χ0v) is 12.2. The van der Waals surface area contributed by atoms with Gasteiger partial charge in [-0.25, -0.2) is 0 Å². The molecule has 0 aliphatic heterocycles. The second kappa shape index (κ2) is 4.79. The van der Waals surface area contributed by atoms with Crippen LogP contribution in [0.1, 0.15) is 59.8 Å². The van der Waals surface area contributed by atoms with Gasteiger partial charge in [0.25, 0.3) is 0 Å². The Balaban J connectivity index is 2.11. The molecule has 0 unspecified atom stereocenters. The van der Waals surface area contributed by atoms with Crippen LogP contribution in [-0.4, -0.2) is 20.8 Å². The van der Waals surface area contributed by atoms with Crippen LogP contribution >= 0.6 is 0 Å².